The van der Waals surface area contributed by atoms with E-state index in [0.717, 1.165) is 17.4 Å². The number of thioether (sulfide) groups is 1. The van der Waals surface area contributed by atoms with E-state index in [2.05, 4.69) is 15.2 Å². The molecule has 0 atom stereocenters. The number of benzene rings is 2. The van der Waals surface area contributed by atoms with E-state index in [4.69, 9.17) is 11.6 Å². The fraction of sp³-hybridized carbons (Fsp3) is 0.118. The zero-order valence-corrected chi connectivity index (χ0v) is 16.9. The smallest absolute Gasteiger partial charge is 0.273 e. The molecule has 0 spiro atoms. The minimum absolute atomic E-state index is 0.0683. The molecular weight excluding hydrogens is 440 g/mol. The van der Waals surface area contributed by atoms with Crippen LogP contribution >= 0.6 is 23.4 Å². The standard InChI is InChI=1S/C17H13ClN4O5S2/c18-10-2-4-13(23)11(8-10)16(25)20-19-15(24)9-1-3-12-14(7-9)28-17-21-29(26,27)6-5-22(12)17/h1-4,7-8,23H,5-6H2,(H,19,24)(H,20,25). The van der Waals surface area contributed by atoms with Gasteiger partial charge < -0.3 is 10.0 Å². The number of amides is 2. The fourth-order valence-corrected chi connectivity index (χ4v) is 5.28. The molecule has 0 aliphatic carbocycles. The van der Waals surface area contributed by atoms with E-state index in [0.29, 0.717) is 16.6 Å². The van der Waals surface area contributed by atoms with Gasteiger partial charge in [-0.2, -0.15) is 0 Å². The van der Waals surface area contributed by atoms with Gasteiger partial charge in [-0.15, -0.1) is 4.40 Å². The summed E-state index contributed by atoms with van der Waals surface area (Å²) in [7, 11) is -3.46. The number of phenolic OH excluding ortho intramolecular Hbond substituents is 1. The van der Waals surface area contributed by atoms with Crippen LogP contribution in [0, 0.1) is 0 Å². The van der Waals surface area contributed by atoms with Crippen molar-refractivity contribution in [3.63, 3.8) is 0 Å². The van der Waals surface area contributed by atoms with E-state index in [-0.39, 0.29) is 27.7 Å². The highest BCUT2D eigenvalue weighted by molar-refractivity contribution is 8.15. The highest BCUT2D eigenvalue weighted by Crippen LogP contribution is 2.42. The average molecular weight is 453 g/mol. The van der Waals surface area contributed by atoms with E-state index in [1.807, 2.05) is 0 Å². The fourth-order valence-electron chi connectivity index (χ4n) is 2.82. The van der Waals surface area contributed by atoms with Crippen molar-refractivity contribution in [1.29, 1.82) is 0 Å². The molecule has 2 aromatic carbocycles. The van der Waals surface area contributed by atoms with Crippen LogP contribution in [0.2, 0.25) is 5.02 Å². The van der Waals surface area contributed by atoms with Crippen molar-refractivity contribution in [3.8, 4) is 5.75 Å². The monoisotopic (exact) mass is 452 g/mol. The Morgan fingerprint density at radius 3 is 2.69 bits per heavy atom. The lowest BCUT2D eigenvalue weighted by Gasteiger charge is -2.22. The van der Waals surface area contributed by atoms with Gasteiger partial charge in [0.15, 0.2) is 5.17 Å². The van der Waals surface area contributed by atoms with Crippen molar-refractivity contribution >= 4 is 56.1 Å². The molecule has 150 valence electrons. The summed E-state index contributed by atoms with van der Waals surface area (Å²) in [5.41, 5.74) is 5.43. The first-order chi connectivity index (χ1) is 13.7. The summed E-state index contributed by atoms with van der Waals surface area (Å²) in [6.07, 6.45) is 0. The number of nitrogens with one attached hydrogen (secondary N) is 2. The number of rotatable bonds is 2. The zero-order valence-electron chi connectivity index (χ0n) is 14.5. The van der Waals surface area contributed by atoms with Crippen molar-refractivity contribution < 1.29 is 23.1 Å². The summed E-state index contributed by atoms with van der Waals surface area (Å²) >= 11 is 6.97. The predicted octanol–water partition coefficient (Wildman–Crippen LogP) is 1.73. The maximum atomic E-state index is 12.4. The van der Waals surface area contributed by atoms with Gasteiger partial charge in [0.25, 0.3) is 21.8 Å². The molecule has 2 aromatic rings. The van der Waals surface area contributed by atoms with Crippen LogP contribution in [0.1, 0.15) is 20.7 Å². The molecule has 3 N–H and O–H groups in total. The molecule has 2 amide bonds. The van der Waals surface area contributed by atoms with Crippen LogP contribution in [0.25, 0.3) is 0 Å². The Labute approximate surface area is 174 Å². The molecule has 2 aliphatic heterocycles. The first kappa shape index (κ1) is 19.6. The number of hydrazine groups is 1. The van der Waals surface area contributed by atoms with Gasteiger partial charge in [-0.3, -0.25) is 20.4 Å². The molecule has 2 heterocycles. The maximum Gasteiger partial charge on any atom is 0.273 e. The van der Waals surface area contributed by atoms with Crippen LogP contribution in [-0.4, -0.2) is 42.8 Å². The third kappa shape index (κ3) is 3.88. The number of sulfonamides is 1. The summed E-state index contributed by atoms with van der Waals surface area (Å²) < 4.78 is 27.1. The van der Waals surface area contributed by atoms with Crippen LogP contribution in [-0.2, 0) is 10.0 Å². The van der Waals surface area contributed by atoms with Gasteiger partial charge in [0.1, 0.15) is 5.75 Å². The average Bonchev–Trinajstić information content (AvgIpc) is 3.02. The Kier molecular flexibility index (Phi) is 4.89. The lowest BCUT2D eigenvalue weighted by atomic mass is 10.2. The predicted molar refractivity (Wildman–Crippen MR) is 109 cm³/mol. The molecule has 0 saturated carbocycles. The van der Waals surface area contributed by atoms with E-state index in [1.54, 1.807) is 23.1 Å². The second-order valence-electron chi connectivity index (χ2n) is 6.17. The molecular formula is C17H13ClN4O5S2. The second kappa shape index (κ2) is 7.25. The quantitative estimate of drug-likeness (QED) is 0.592. The third-order valence-corrected chi connectivity index (χ3v) is 6.77. The van der Waals surface area contributed by atoms with Crippen molar-refractivity contribution in [3.05, 3.63) is 52.5 Å². The molecule has 4 rings (SSSR count). The molecule has 2 aliphatic rings. The number of hydrogen-bond acceptors (Lipinski definition) is 7. The van der Waals surface area contributed by atoms with E-state index >= 15 is 0 Å². The molecule has 0 fully saturated rings. The summed E-state index contributed by atoms with van der Waals surface area (Å²) in [6.45, 7) is 0.298. The number of carbonyl (C=O) groups excluding carboxylic acids is 2. The molecule has 0 unspecified atom stereocenters. The minimum atomic E-state index is -3.46. The lowest BCUT2D eigenvalue weighted by molar-refractivity contribution is 0.0845. The maximum absolute atomic E-state index is 12.4. The Balaban J connectivity index is 1.48. The van der Waals surface area contributed by atoms with Crippen LogP contribution in [0.3, 0.4) is 0 Å². The Bertz CT molecular complexity index is 1180. The van der Waals surface area contributed by atoms with Gasteiger partial charge in [0, 0.05) is 22.0 Å². The molecule has 0 aromatic heterocycles. The normalized spacial score (nSPS) is 16.4. The number of fused-ring (bicyclic) bond motifs is 3. The minimum Gasteiger partial charge on any atom is -0.507 e. The summed E-state index contributed by atoms with van der Waals surface area (Å²) in [6, 6.07) is 8.82. The van der Waals surface area contributed by atoms with E-state index in [1.165, 1.54) is 18.2 Å². The number of hydrogen-bond donors (Lipinski definition) is 3. The number of amidine groups is 1. The van der Waals surface area contributed by atoms with Crippen LogP contribution in [0.15, 0.2) is 45.7 Å². The number of nitrogens with zero attached hydrogens (tertiary/aromatic N) is 2. The molecule has 9 nitrogen and oxygen atoms in total. The van der Waals surface area contributed by atoms with Crippen LogP contribution < -0.4 is 15.8 Å². The summed E-state index contributed by atoms with van der Waals surface area (Å²) in [5.74, 6) is -1.66. The lowest BCUT2D eigenvalue weighted by Crippen LogP contribution is -2.41. The first-order valence-electron chi connectivity index (χ1n) is 8.25. The van der Waals surface area contributed by atoms with Crippen molar-refractivity contribution in [2.75, 3.05) is 17.2 Å². The van der Waals surface area contributed by atoms with Crippen molar-refractivity contribution in [2.24, 2.45) is 4.40 Å². The van der Waals surface area contributed by atoms with Gasteiger partial charge in [-0.1, -0.05) is 11.6 Å². The largest absolute Gasteiger partial charge is 0.507 e. The number of phenols is 1. The van der Waals surface area contributed by atoms with Crippen LogP contribution in [0.5, 0.6) is 5.75 Å². The molecule has 0 radical (unpaired) electrons. The molecule has 29 heavy (non-hydrogen) atoms. The highest BCUT2D eigenvalue weighted by atomic mass is 35.5. The third-order valence-electron chi connectivity index (χ3n) is 4.23. The van der Waals surface area contributed by atoms with Gasteiger partial charge >= 0.3 is 0 Å². The Hall–Kier alpha value is -2.76. The molecule has 0 saturated heterocycles. The van der Waals surface area contributed by atoms with Gasteiger partial charge in [-0.05, 0) is 48.2 Å². The number of anilines is 1. The van der Waals surface area contributed by atoms with Crippen molar-refractivity contribution in [2.45, 2.75) is 4.90 Å². The van der Waals surface area contributed by atoms with Crippen LogP contribution in [0.4, 0.5) is 5.69 Å². The number of halogens is 1. The van der Waals surface area contributed by atoms with Crippen molar-refractivity contribution in [1.82, 2.24) is 10.9 Å². The Morgan fingerprint density at radius 2 is 1.90 bits per heavy atom. The second-order valence-corrected chi connectivity index (χ2v) is 9.37. The molecule has 12 heteroatoms. The first-order valence-corrected chi connectivity index (χ1v) is 11.1. The SMILES string of the molecule is O=C(NNC(=O)c1cc(Cl)ccc1O)c1ccc2c(c1)SC1=NS(=O)(=O)CCN12. The molecule has 0 bridgehead atoms. The Morgan fingerprint density at radius 1 is 1.14 bits per heavy atom. The van der Waals surface area contributed by atoms with E-state index in [9.17, 15) is 23.1 Å². The zero-order chi connectivity index (χ0) is 20.8. The van der Waals surface area contributed by atoms with E-state index < -0.39 is 21.8 Å². The topological polar surface area (TPSA) is 128 Å². The number of aromatic hydroxyl groups is 1. The van der Waals surface area contributed by atoms with Gasteiger partial charge in [-0.25, -0.2) is 8.42 Å². The number of carbonyl (C=O) groups is 2. The van der Waals surface area contributed by atoms with Gasteiger partial charge in [0.2, 0.25) is 0 Å². The summed E-state index contributed by atoms with van der Waals surface area (Å²) in [5, 5.41) is 10.4. The highest BCUT2D eigenvalue weighted by Gasteiger charge is 2.33. The van der Waals surface area contributed by atoms with Gasteiger partial charge in [0.05, 0.1) is 17.0 Å². The summed E-state index contributed by atoms with van der Waals surface area (Å²) in [4.78, 5) is 27.0.